The number of methoxy groups -OCH3 is 1. The number of benzene rings is 1. The SMILES string of the molecule is COc1cc(Br)ccc1C(=O)Nc1nc(CC(=O)O)cs1. The van der Waals surface area contributed by atoms with E-state index in [9.17, 15) is 9.59 Å². The Morgan fingerprint density at radius 3 is 2.90 bits per heavy atom. The first kappa shape index (κ1) is 15.5. The van der Waals surface area contributed by atoms with Crippen molar-refractivity contribution in [2.75, 3.05) is 12.4 Å². The Morgan fingerprint density at radius 2 is 2.24 bits per heavy atom. The van der Waals surface area contributed by atoms with E-state index < -0.39 is 5.97 Å². The van der Waals surface area contributed by atoms with Crippen LogP contribution in [0.15, 0.2) is 28.1 Å². The molecule has 0 aliphatic heterocycles. The van der Waals surface area contributed by atoms with Crippen LogP contribution in [0.5, 0.6) is 5.75 Å². The maximum absolute atomic E-state index is 12.2. The van der Waals surface area contributed by atoms with Crippen LogP contribution in [0.25, 0.3) is 0 Å². The Kier molecular flexibility index (Phi) is 4.92. The zero-order valence-electron chi connectivity index (χ0n) is 10.9. The first-order chi connectivity index (χ1) is 9.99. The summed E-state index contributed by atoms with van der Waals surface area (Å²) in [5.41, 5.74) is 0.779. The molecule has 1 heterocycles. The van der Waals surface area contributed by atoms with Crippen LogP contribution in [-0.4, -0.2) is 29.1 Å². The van der Waals surface area contributed by atoms with Crippen molar-refractivity contribution in [1.29, 1.82) is 0 Å². The number of nitrogens with zero attached hydrogens (tertiary/aromatic N) is 1. The van der Waals surface area contributed by atoms with Crippen LogP contribution < -0.4 is 10.1 Å². The largest absolute Gasteiger partial charge is 0.496 e. The van der Waals surface area contributed by atoms with Crippen molar-refractivity contribution >= 4 is 44.3 Å². The highest BCUT2D eigenvalue weighted by Gasteiger charge is 2.15. The Hall–Kier alpha value is -1.93. The molecule has 0 fully saturated rings. The van der Waals surface area contributed by atoms with Crippen molar-refractivity contribution < 1.29 is 19.4 Å². The van der Waals surface area contributed by atoms with Gasteiger partial charge in [0.15, 0.2) is 5.13 Å². The lowest BCUT2D eigenvalue weighted by atomic mass is 10.2. The number of carboxylic acid groups (broad SMARTS) is 1. The number of ether oxygens (including phenoxy) is 1. The number of hydrogen-bond acceptors (Lipinski definition) is 5. The normalized spacial score (nSPS) is 10.2. The van der Waals surface area contributed by atoms with Gasteiger partial charge in [0.25, 0.3) is 5.91 Å². The molecular formula is C13H11BrN2O4S. The number of rotatable bonds is 5. The molecule has 0 saturated carbocycles. The molecule has 8 heteroatoms. The topological polar surface area (TPSA) is 88.5 Å². The molecule has 0 bridgehead atoms. The molecule has 0 aliphatic rings. The van der Waals surface area contributed by atoms with Gasteiger partial charge < -0.3 is 9.84 Å². The summed E-state index contributed by atoms with van der Waals surface area (Å²) in [5, 5.41) is 13.3. The van der Waals surface area contributed by atoms with Gasteiger partial charge in [-0.05, 0) is 18.2 Å². The first-order valence-corrected chi connectivity index (χ1v) is 7.48. The van der Waals surface area contributed by atoms with E-state index in [0.29, 0.717) is 22.1 Å². The average molecular weight is 371 g/mol. The quantitative estimate of drug-likeness (QED) is 0.844. The second-order valence-corrected chi connectivity index (χ2v) is 5.79. The van der Waals surface area contributed by atoms with Gasteiger partial charge in [-0.25, -0.2) is 4.98 Å². The van der Waals surface area contributed by atoms with E-state index in [4.69, 9.17) is 9.84 Å². The molecule has 6 nitrogen and oxygen atoms in total. The van der Waals surface area contributed by atoms with Crippen LogP contribution in [0.3, 0.4) is 0 Å². The van der Waals surface area contributed by atoms with Crippen LogP contribution in [-0.2, 0) is 11.2 Å². The van der Waals surface area contributed by atoms with Gasteiger partial charge in [0, 0.05) is 9.85 Å². The lowest BCUT2D eigenvalue weighted by Gasteiger charge is -2.08. The van der Waals surface area contributed by atoms with E-state index in [1.807, 2.05) is 0 Å². The molecule has 2 rings (SSSR count). The van der Waals surface area contributed by atoms with Gasteiger partial charge in [-0.3, -0.25) is 14.9 Å². The third-order valence-electron chi connectivity index (χ3n) is 2.51. The summed E-state index contributed by atoms with van der Waals surface area (Å²) in [4.78, 5) is 26.8. The van der Waals surface area contributed by atoms with Crippen LogP contribution in [0.4, 0.5) is 5.13 Å². The fourth-order valence-corrected chi connectivity index (χ4v) is 2.66. The second kappa shape index (κ2) is 6.68. The van der Waals surface area contributed by atoms with E-state index in [1.54, 1.807) is 23.6 Å². The number of amides is 1. The molecule has 1 amide bonds. The van der Waals surface area contributed by atoms with Crippen molar-refractivity contribution in [3.05, 3.63) is 39.3 Å². The van der Waals surface area contributed by atoms with Gasteiger partial charge in [0.1, 0.15) is 5.75 Å². The highest BCUT2D eigenvalue weighted by atomic mass is 79.9. The Balaban J connectivity index is 2.14. The summed E-state index contributed by atoms with van der Waals surface area (Å²) < 4.78 is 5.96. The van der Waals surface area contributed by atoms with Crippen molar-refractivity contribution in [2.24, 2.45) is 0 Å². The van der Waals surface area contributed by atoms with E-state index in [2.05, 4.69) is 26.2 Å². The molecule has 0 spiro atoms. The maximum atomic E-state index is 12.2. The summed E-state index contributed by atoms with van der Waals surface area (Å²) in [6.45, 7) is 0. The first-order valence-electron chi connectivity index (χ1n) is 5.80. The predicted octanol–water partition coefficient (Wildman–Crippen LogP) is 2.79. The second-order valence-electron chi connectivity index (χ2n) is 4.01. The van der Waals surface area contributed by atoms with Crippen LogP contribution >= 0.6 is 27.3 Å². The van der Waals surface area contributed by atoms with Gasteiger partial charge in [-0.15, -0.1) is 11.3 Å². The molecule has 0 saturated heterocycles. The zero-order valence-corrected chi connectivity index (χ0v) is 13.3. The fraction of sp³-hybridized carbons (Fsp3) is 0.154. The minimum Gasteiger partial charge on any atom is -0.496 e. The minimum absolute atomic E-state index is 0.173. The summed E-state index contributed by atoms with van der Waals surface area (Å²) >= 11 is 4.48. The van der Waals surface area contributed by atoms with Gasteiger partial charge >= 0.3 is 5.97 Å². The Bertz CT molecular complexity index is 687. The monoisotopic (exact) mass is 370 g/mol. The van der Waals surface area contributed by atoms with Gasteiger partial charge in [0.2, 0.25) is 0 Å². The number of halogens is 1. The molecule has 1 aromatic heterocycles. The molecule has 2 aromatic rings. The van der Waals surface area contributed by atoms with Crippen LogP contribution in [0.1, 0.15) is 16.1 Å². The number of carbonyl (C=O) groups excluding carboxylic acids is 1. The minimum atomic E-state index is -0.965. The smallest absolute Gasteiger partial charge is 0.309 e. The molecule has 21 heavy (non-hydrogen) atoms. The number of carbonyl (C=O) groups is 2. The molecule has 0 atom stereocenters. The average Bonchev–Trinajstić information content (AvgIpc) is 2.84. The summed E-state index contributed by atoms with van der Waals surface area (Å²) in [6, 6.07) is 5.05. The molecule has 0 radical (unpaired) electrons. The molecular weight excluding hydrogens is 360 g/mol. The molecule has 1 aromatic carbocycles. The number of thiazole rings is 1. The summed E-state index contributed by atoms with van der Waals surface area (Å²) in [5.74, 6) is -0.896. The predicted molar refractivity (Wildman–Crippen MR) is 82.1 cm³/mol. The third kappa shape index (κ3) is 4.02. The van der Waals surface area contributed by atoms with E-state index in [0.717, 1.165) is 4.47 Å². The Morgan fingerprint density at radius 1 is 1.48 bits per heavy atom. The van der Waals surface area contributed by atoms with Crippen molar-refractivity contribution in [2.45, 2.75) is 6.42 Å². The number of hydrogen-bond donors (Lipinski definition) is 2. The number of aromatic nitrogens is 1. The summed E-state index contributed by atoms with van der Waals surface area (Å²) in [6.07, 6.45) is -0.173. The highest BCUT2D eigenvalue weighted by molar-refractivity contribution is 9.10. The number of anilines is 1. The number of aliphatic carboxylic acids is 1. The molecule has 110 valence electrons. The van der Waals surface area contributed by atoms with Crippen LogP contribution in [0, 0.1) is 0 Å². The maximum Gasteiger partial charge on any atom is 0.309 e. The van der Waals surface area contributed by atoms with Gasteiger partial charge in [0.05, 0.1) is 24.8 Å². The number of nitrogens with one attached hydrogen (secondary N) is 1. The van der Waals surface area contributed by atoms with Gasteiger partial charge in [-0.2, -0.15) is 0 Å². The van der Waals surface area contributed by atoms with E-state index in [1.165, 1.54) is 18.4 Å². The van der Waals surface area contributed by atoms with Gasteiger partial charge in [-0.1, -0.05) is 15.9 Å². The highest BCUT2D eigenvalue weighted by Crippen LogP contribution is 2.25. The summed E-state index contributed by atoms with van der Waals surface area (Å²) in [7, 11) is 1.48. The molecule has 0 aliphatic carbocycles. The van der Waals surface area contributed by atoms with Crippen molar-refractivity contribution in [3.63, 3.8) is 0 Å². The van der Waals surface area contributed by atoms with E-state index >= 15 is 0 Å². The lowest BCUT2D eigenvalue weighted by molar-refractivity contribution is -0.136. The molecule has 2 N–H and O–H groups in total. The Labute approximate surface area is 132 Å². The molecule has 0 unspecified atom stereocenters. The third-order valence-corrected chi connectivity index (χ3v) is 3.81. The standard InChI is InChI=1S/C13H11BrN2O4S/c1-20-10-4-7(14)2-3-9(10)12(19)16-13-15-8(6-21-13)5-11(17)18/h2-4,6H,5H2,1H3,(H,17,18)(H,15,16,19). The van der Waals surface area contributed by atoms with Crippen molar-refractivity contribution in [3.8, 4) is 5.75 Å². The zero-order chi connectivity index (χ0) is 15.4. The van der Waals surface area contributed by atoms with Crippen molar-refractivity contribution in [1.82, 2.24) is 4.98 Å². The number of carboxylic acids is 1. The van der Waals surface area contributed by atoms with E-state index in [-0.39, 0.29) is 12.3 Å². The lowest BCUT2D eigenvalue weighted by Crippen LogP contribution is -2.13. The fourth-order valence-electron chi connectivity index (χ4n) is 1.62. The van der Waals surface area contributed by atoms with Crippen LogP contribution in [0.2, 0.25) is 0 Å².